The maximum atomic E-state index is 6.57. The van der Waals surface area contributed by atoms with E-state index in [0.717, 1.165) is 55.3 Å². The van der Waals surface area contributed by atoms with E-state index in [4.69, 9.17) is 13.3 Å². The predicted molar refractivity (Wildman–Crippen MR) is 116 cm³/mol. The summed E-state index contributed by atoms with van der Waals surface area (Å²) in [6.45, 7) is 4.63. The Balaban J connectivity index is 1.07. The van der Waals surface area contributed by atoms with E-state index in [1.54, 1.807) is 0 Å². The second-order valence-electron chi connectivity index (χ2n) is 10.9. The highest BCUT2D eigenvalue weighted by atomic mass is 28.4. The van der Waals surface area contributed by atoms with Gasteiger partial charge in [0.05, 0.1) is 0 Å². The highest BCUT2D eigenvalue weighted by molar-refractivity contribution is 6.59. The average molecular weight is 413 g/mol. The second kappa shape index (κ2) is 7.47. The lowest BCUT2D eigenvalue weighted by Crippen LogP contribution is -2.46. The Bertz CT molecular complexity index is 622. The lowest BCUT2D eigenvalue weighted by molar-refractivity contribution is 0.0271. The van der Waals surface area contributed by atoms with Crippen LogP contribution in [0.1, 0.15) is 38.5 Å². The standard InChI is InChI=1S/C25H36O3Si/c1-29(26-14-23-11-17-2-5-20(23)8-17,27-15-24-12-18-3-6-21(24)9-18)28-16-25-13-19-4-7-22(25)10-19/h2-7,17-25H,8-16H2,1H3. The zero-order valence-corrected chi connectivity index (χ0v) is 18.7. The minimum atomic E-state index is -2.61. The van der Waals surface area contributed by atoms with Crippen molar-refractivity contribution >= 4 is 8.80 Å². The van der Waals surface area contributed by atoms with Crippen molar-refractivity contribution in [2.45, 2.75) is 45.1 Å². The largest absolute Gasteiger partial charge is 0.497 e. The maximum Gasteiger partial charge on any atom is 0.497 e. The van der Waals surface area contributed by atoms with Gasteiger partial charge >= 0.3 is 8.80 Å². The molecule has 0 amide bonds. The van der Waals surface area contributed by atoms with Crippen molar-refractivity contribution in [1.29, 1.82) is 0 Å². The number of hydrogen-bond acceptors (Lipinski definition) is 3. The van der Waals surface area contributed by atoms with Gasteiger partial charge in [0, 0.05) is 26.4 Å². The van der Waals surface area contributed by atoms with E-state index in [1.807, 2.05) is 0 Å². The van der Waals surface area contributed by atoms with Gasteiger partial charge in [-0.2, -0.15) is 0 Å². The van der Waals surface area contributed by atoms with Gasteiger partial charge in [-0.05, 0) is 91.8 Å². The molecule has 6 rings (SSSR count). The van der Waals surface area contributed by atoms with Crippen LogP contribution in [-0.2, 0) is 13.3 Å². The van der Waals surface area contributed by atoms with Crippen molar-refractivity contribution in [2.24, 2.45) is 53.3 Å². The molecule has 9 unspecified atom stereocenters. The highest BCUT2D eigenvalue weighted by Gasteiger charge is 2.44. The Morgan fingerprint density at radius 2 is 0.897 bits per heavy atom. The summed E-state index contributed by atoms with van der Waals surface area (Å²) < 4.78 is 19.7. The van der Waals surface area contributed by atoms with Crippen LogP contribution in [0, 0.1) is 53.3 Å². The van der Waals surface area contributed by atoms with Gasteiger partial charge in [0.25, 0.3) is 0 Å². The number of allylic oxidation sites excluding steroid dienone is 6. The first-order valence-corrected chi connectivity index (χ1v) is 14.3. The van der Waals surface area contributed by atoms with Gasteiger partial charge in [0.1, 0.15) is 0 Å². The molecule has 0 N–H and O–H groups in total. The van der Waals surface area contributed by atoms with Crippen molar-refractivity contribution in [3.05, 3.63) is 36.5 Å². The van der Waals surface area contributed by atoms with Crippen LogP contribution in [0.2, 0.25) is 6.55 Å². The summed E-state index contributed by atoms with van der Waals surface area (Å²) in [5, 5.41) is 0. The third kappa shape index (κ3) is 3.75. The third-order valence-electron chi connectivity index (χ3n) is 8.93. The van der Waals surface area contributed by atoms with Crippen LogP contribution in [0.4, 0.5) is 0 Å². The molecule has 4 heteroatoms. The van der Waals surface area contributed by atoms with Gasteiger partial charge in [-0.15, -0.1) is 0 Å². The lowest BCUT2D eigenvalue weighted by atomic mass is 9.95. The molecule has 0 heterocycles. The molecule has 0 aliphatic heterocycles. The molecule has 0 saturated heterocycles. The quantitative estimate of drug-likeness (QED) is 0.383. The van der Waals surface area contributed by atoms with Gasteiger partial charge < -0.3 is 13.3 Å². The van der Waals surface area contributed by atoms with E-state index in [0.29, 0.717) is 17.8 Å². The molecule has 0 aromatic rings. The average Bonchev–Trinajstić information content (AvgIpc) is 3.57. The highest BCUT2D eigenvalue weighted by Crippen LogP contribution is 2.46. The molecule has 29 heavy (non-hydrogen) atoms. The summed E-state index contributed by atoms with van der Waals surface area (Å²) in [6.07, 6.45) is 22.4. The van der Waals surface area contributed by atoms with E-state index in [-0.39, 0.29) is 0 Å². The number of rotatable bonds is 9. The van der Waals surface area contributed by atoms with Crippen LogP contribution in [0.5, 0.6) is 0 Å². The minimum absolute atomic E-state index is 0.667. The minimum Gasteiger partial charge on any atom is -0.373 e. The monoisotopic (exact) mass is 412 g/mol. The first-order chi connectivity index (χ1) is 14.1. The maximum absolute atomic E-state index is 6.57. The first kappa shape index (κ1) is 19.0. The van der Waals surface area contributed by atoms with E-state index in [9.17, 15) is 0 Å². The van der Waals surface area contributed by atoms with Crippen LogP contribution < -0.4 is 0 Å². The SMILES string of the molecule is C[Si](OCC1CC2C=CC1C2)(OCC1CC2C=CC1C2)OCC1CC2C=CC1C2. The Labute approximate surface area is 176 Å². The van der Waals surface area contributed by atoms with Crippen molar-refractivity contribution in [3.8, 4) is 0 Å². The lowest BCUT2D eigenvalue weighted by Gasteiger charge is -2.32. The molecular weight excluding hydrogens is 376 g/mol. The Morgan fingerprint density at radius 3 is 1.14 bits per heavy atom. The fourth-order valence-electron chi connectivity index (χ4n) is 7.16. The molecular formula is C25H36O3Si. The molecule has 6 aliphatic carbocycles. The summed E-state index contributed by atoms with van der Waals surface area (Å²) in [6, 6.07) is 0. The topological polar surface area (TPSA) is 27.7 Å². The van der Waals surface area contributed by atoms with Crippen molar-refractivity contribution < 1.29 is 13.3 Å². The Kier molecular flexibility index (Phi) is 4.91. The summed E-state index contributed by atoms with van der Waals surface area (Å²) in [5.74, 6) is 6.57. The first-order valence-electron chi connectivity index (χ1n) is 12.1. The van der Waals surface area contributed by atoms with E-state index in [1.165, 1.54) is 38.5 Å². The third-order valence-corrected chi connectivity index (χ3v) is 11.0. The van der Waals surface area contributed by atoms with Crippen LogP contribution in [0.25, 0.3) is 0 Å². The van der Waals surface area contributed by atoms with Crippen molar-refractivity contribution in [3.63, 3.8) is 0 Å². The fourth-order valence-corrected chi connectivity index (χ4v) is 8.96. The fraction of sp³-hybridized carbons (Fsp3) is 0.760. The van der Waals surface area contributed by atoms with E-state index < -0.39 is 8.80 Å². The molecule has 6 bridgehead atoms. The normalized spacial score (nSPS) is 47.7. The van der Waals surface area contributed by atoms with Crippen molar-refractivity contribution in [1.82, 2.24) is 0 Å². The molecule has 0 aromatic carbocycles. The number of fused-ring (bicyclic) bond motifs is 6. The van der Waals surface area contributed by atoms with Crippen molar-refractivity contribution in [2.75, 3.05) is 19.8 Å². The summed E-state index contributed by atoms with van der Waals surface area (Å²) >= 11 is 0. The molecule has 6 aliphatic rings. The summed E-state index contributed by atoms with van der Waals surface area (Å²) in [5.41, 5.74) is 0. The van der Waals surface area contributed by atoms with Gasteiger partial charge in [-0.25, -0.2) is 0 Å². The van der Waals surface area contributed by atoms with Gasteiger partial charge in [-0.1, -0.05) is 36.5 Å². The molecule has 3 nitrogen and oxygen atoms in total. The number of hydrogen-bond donors (Lipinski definition) is 0. The van der Waals surface area contributed by atoms with Crippen LogP contribution >= 0.6 is 0 Å². The van der Waals surface area contributed by atoms with Crippen LogP contribution in [0.15, 0.2) is 36.5 Å². The summed E-state index contributed by atoms with van der Waals surface area (Å²) in [7, 11) is -2.61. The molecule has 3 saturated carbocycles. The smallest absolute Gasteiger partial charge is 0.373 e. The van der Waals surface area contributed by atoms with Crippen LogP contribution in [-0.4, -0.2) is 28.6 Å². The Morgan fingerprint density at radius 1 is 0.552 bits per heavy atom. The zero-order valence-electron chi connectivity index (χ0n) is 17.7. The van der Waals surface area contributed by atoms with E-state index in [2.05, 4.69) is 43.0 Å². The zero-order chi connectivity index (χ0) is 19.4. The molecule has 0 spiro atoms. The van der Waals surface area contributed by atoms with E-state index >= 15 is 0 Å². The van der Waals surface area contributed by atoms with Crippen LogP contribution in [0.3, 0.4) is 0 Å². The van der Waals surface area contributed by atoms with Gasteiger partial charge in [0.2, 0.25) is 0 Å². The van der Waals surface area contributed by atoms with Gasteiger partial charge in [0.15, 0.2) is 0 Å². The van der Waals surface area contributed by atoms with Gasteiger partial charge in [-0.3, -0.25) is 0 Å². The second-order valence-corrected chi connectivity index (χ2v) is 13.5. The molecule has 158 valence electrons. The molecule has 0 radical (unpaired) electrons. The molecule has 3 fully saturated rings. The summed E-state index contributed by atoms with van der Waals surface area (Å²) in [4.78, 5) is 0. The molecule has 0 aromatic heterocycles. The molecule has 9 atom stereocenters. The Hall–Kier alpha value is -0.683. The predicted octanol–water partition coefficient (Wildman–Crippen LogP) is 5.24.